The molecule has 1 N–H and O–H groups in total. The van der Waals surface area contributed by atoms with Crippen LogP contribution < -0.4 is 5.32 Å². The molecule has 0 aliphatic heterocycles. The highest BCUT2D eigenvalue weighted by atomic mass is 19.4. The van der Waals surface area contributed by atoms with Crippen LogP contribution in [-0.2, 0) is 17.4 Å². The molecule has 4 aromatic rings. The lowest BCUT2D eigenvalue weighted by molar-refractivity contribution is -0.137. The maximum absolute atomic E-state index is 13.1. The van der Waals surface area contributed by atoms with Crippen LogP contribution in [0.3, 0.4) is 0 Å². The first kappa shape index (κ1) is 17.8. The Labute approximate surface area is 156 Å². The zero-order valence-electron chi connectivity index (χ0n) is 14.3. The van der Waals surface area contributed by atoms with E-state index in [2.05, 4.69) is 15.6 Å². The fourth-order valence-corrected chi connectivity index (χ4v) is 2.84. The van der Waals surface area contributed by atoms with Gasteiger partial charge in [-0.3, -0.25) is 4.79 Å². The third-order valence-electron chi connectivity index (χ3n) is 4.13. The van der Waals surface area contributed by atoms with Crippen molar-refractivity contribution in [1.82, 2.24) is 14.9 Å². The van der Waals surface area contributed by atoms with Crippen molar-refractivity contribution in [1.29, 1.82) is 0 Å². The molecule has 0 atom stereocenters. The van der Waals surface area contributed by atoms with Gasteiger partial charge in [0.15, 0.2) is 5.58 Å². The van der Waals surface area contributed by atoms with E-state index in [1.165, 1.54) is 16.9 Å². The van der Waals surface area contributed by atoms with Crippen LogP contribution in [0.1, 0.15) is 11.3 Å². The highest BCUT2D eigenvalue weighted by Crippen LogP contribution is 2.33. The molecule has 2 heterocycles. The molecule has 2 aromatic carbocycles. The summed E-state index contributed by atoms with van der Waals surface area (Å²) >= 11 is 0. The van der Waals surface area contributed by atoms with E-state index in [-0.39, 0.29) is 12.1 Å². The van der Waals surface area contributed by atoms with Crippen molar-refractivity contribution in [3.05, 3.63) is 72.2 Å². The topological polar surface area (TPSA) is 73.0 Å². The van der Waals surface area contributed by atoms with E-state index in [1.807, 2.05) is 0 Å². The minimum atomic E-state index is -4.54. The first-order valence-electron chi connectivity index (χ1n) is 8.26. The average Bonchev–Trinajstić information content (AvgIpc) is 3.31. The molecular formula is C19H13F3N4O2. The van der Waals surface area contributed by atoms with Gasteiger partial charge in [0.1, 0.15) is 5.69 Å². The number of fused-ring (bicyclic) bond motifs is 1. The van der Waals surface area contributed by atoms with Gasteiger partial charge in [-0.25, -0.2) is 4.68 Å². The number of carbonyl (C=O) groups is 1. The molecule has 1 amide bonds. The van der Waals surface area contributed by atoms with Crippen molar-refractivity contribution in [2.24, 2.45) is 0 Å². The predicted molar refractivity (Wildman–Crippen MR) is 94.9 cm³/mol. The first-order valence-corrected chi connectivity index (χ1v) is 8.26. The Hall–Kier alpha value is -3.62. The van der Waals surface area contributed by atoms with Gasteiger partial charge in [0.2, 0.25) is 5.91 Å². The van der Waals surface area contributed by atoms with Crippen LogP contribution >= 0.6 is 0 Å². The standard InChI is InChI=1S/C19H13F3N4O2/c20-19(21,22)12-6-7-16(26-9-3-8-23-26)15(10-12)24-18(27)11-14-13-4-1-2-5-17(13)28-25-14/h1-10H,11H2,(H,24,27). The molecule has 0 saturated heterocycles. The Morgan fingerprint density at radius 1 is 1.14 bits per heavy atom. The van der Waals surface area contributed by atoms with Crippen molar-refractivity contribution in [3.63, 3.8) is 0 Å². The molecule has 0 fully saturated rings. The summed E-state index contributed by atoms with van der Waals surface area (Å²) in [4.78, 5) is 12.5. The maximum atomic E-state index is 13.1. The van der Waals surface area contributed by atoms with Gasteiger partial charge < -0.3 is 9.84 Å². The number of nitrogens with one attached hydrogen (secondary N) is 1. The largest absolute Gasteiger partial charge is 0.416 e. The summed E-state index contributed by atoms with van der Waals surface area (Å²) in [6.07, 6.45) is -1.62. The third-order valence-corrected chi connectivity index (χ3v) is 4.13. The molecule has 28 heavy (non-hydrogen) atoms. The number of aromatic nitrogens is 3. The highest BCUT2D eigenvalue weighted by molar-refractivity contribution is 5.96. The van der Waals surface area contributed by atoms with Crippen LogP contribution in [0.5, 0.6) is 0 Å². The van der Waals surface area contributed by atoms with E-state index in [9.17, 15) is 18.0 Å². The predicted octanol–water partition coefficient (Wildman–Crippen LogP) is 4.21. The second-order valence-corrected chi connectivity index (χ2v) is 6.03. The number of nitrogens with zero attached hydrogens (tertiary/aromatic N) is 3. The van der Waals surface area contributed by atoms with Crippen LogP contribution in [0.2, 0.25) is 0 Å². The summed E-state index contributed by atoms with van der Waals surface area (Å²) in [5, 5.41) is 11.1. The number of amides is 1. The van der Waals surface area contributed by atoms with Crippen molar-refractivity contribution in [3.8, 4) is 5.69 Å². The average molecular weight is 386 g/mol. The fraction of sp³-hybridized carbons (Fsp3) is 0.105. The molecule has 0 saturated carbocycles. The van der Waals surface area contributed by atoms with E-state index < -0.39 is 17.6 Å². The van der Waals surface area contributed by atoms with Crippen molar-refractivity contribution in [2.75, 3.05) is 5.32 Å². The molecule has 0 unspecified atom stereocenters. The summed E-state index contributed by atoms with van der Waals surface area (Å²) < 4.78 is 45.8. The maximum Gasteiger partial charge on any atom is 0.416 e. The number of carbonyl (C=O) groups excluding carboxylic acids is 1. The van der Waals surface area contributed by atoms with Gasteiger partial charge in [-0.15, -0.1) is 0 Å². The van der Waals surface area contributed by atoms with Gasteiger partial charge in [0.25, 0.3) is 0 Å². The number of anilines is 1. The quantitative estimate of drug-likeness (QED) is 0.570. The molecule has 142 valence electrons. The van der Waals surface area contributed by atoms with Gasteiger partial charge in [-0.05, 0) is 36.4 Å². The van der Waals surface area contributed by atoms with Gasteiger partial charge in [0.05, 0.1) is 23.4 Å². The monoisotopic (exact) mass is 386 g/mol. The molecule has 6 nitrogen and oxygen atoms in total. The van der Waals surface area contributed by atoms with Crippen LogP contribution in [-0.4, -0.2) is 20.8 Å². The summed E-state index contributed by atoms with van der Waals surface area (Å²) in [6.45, 7) is 0. The number of para-hydroxylation sites is 1. The van der Waals surface area contributed by atoms with E-state index in [0.717, 1.165) is 12.1 Å². The Bertz CT molecular complexity index is 1130. The number of hydrogen-bond donors (Lipinski definition) is 1. The normalized spacial score (nSPS) is 11.7. The third kappa shape index (κ3) is 3.46. The lowest BCUT2D eigenvalue weighted by atomic mass is 10.1. The minimum absolute atomic E-state index is 0.00340. The summed E-state index contributed by atoms with van der Waals surface area (Å²) in [6, 6.07) is 11.7. The lowest BCUT2D eigenvalue weighted by Gasteiger charge is -2.14. The summed E-state index contributed by atoms with van der Waals surface area (Å²) in [5.74, 6) is -0.521. The van der Waals surface area contributed by atoms with Crippen LogP contribution in [0, 0.1) is 0 Å². The van der Waals surface area contributed by atoms with E-state index >= 15 is 0 Å². The number of hydrogen-bond acceptors (Lipinski definition) is 4. The Kier molecular flexibility index (Phi) is 4.34. The second kappa shape index (κ2) is 6.84. The summed E-state index contributed by atoms with van der Waals surface area (Å²) in [7, 11) is 0. The molecule has 4 rings (SSSR count). The van der Waals surface area contributed by atoms with E-state index in [1.54, 1.807) is 36.5 Å². The second-order valence-electron chi connectivity index (χ2n) is 6.03. The van der Waals surface area contributed by atoms with Crippen molar-refractivity contribution < 1.29 is 22.5 Å². The Morgan fingerprint density at radius 3 is 2.71 bits per heavy atom. The molecule has 0 radical (unpaired) electrons. The van der Waals surface area contributed by atoms with Crippen LogP contribution in [0.15, 0.2) is 65.4 Å². The number of alkyl halides is 3. The van der Waals surface area contributed by atoms with Crippen LogP contribution in [0.4, 0.5) is 18.9 Å². The number of rotatable bonds is 4. The number of benzene rings is 2. The molecule has 0 spiro atoms. The molecule has 9 heteroatoms. The summed E-state index contributed by atoms with van der Waals surface area (Å²) in [5.41, 5.74) is 0.376. The Balaban J connectivity index is 1.64. The molecule has 0 bridgehead atoms. The van der Waals surface area contributed by atoms with Crippen molar-refractivity contribution in [2.45, 2.75) is 12.6 Å². The zero-order chi connectivity index (χ0) is 19.7. The highest BCUT2D eigenvalue weighted by Gasteiger charge is 2.31. The van der Waals surface area contributed by atoms with Crippen LogP contribution in [0.25, 0.3) is 16.7 Å². The lowest BCUT2D eigenvalue weighted by Crippen LogP contribution is -2.17. The molecule has 0 aliphatic carbocycles. The van der Waals surface area contributed by atoms with Gasteiger partial charge >= 0.3 is 6.18 Å². The molecule has 2 aromatic heterocycles. The Morgan fingerprint density at radius 2 is 1.96 bits per heavy atom. The molecular weight excluding hydrogens is 373 g/mol. The molecule has 0 aliphatic rings. The van der Waals surface area contributed by atoms with Gasteiger partial charge in [-0.2, -0.15) is 18.3 Å². The number of halogens is 3. The SMILES string of the molecule is O=C(Cc1noc2ccccc12)Nc1cc(C(F)(F)F)ccc1-n1cccn1. The van der Waals surface area contributed by atoms with E-state index in [4.69, 9.17) is 4.52 Å². The first-order chi connectivity index (χ1) is 13.4. The van der Waals surface area contributed by atoms with Gasteiger partial charge in [-0.1, -0.05) is 17.3 Å². The smallest absolute Gasteiger partial charge is 0.356 e. The van der Waals surface area contributed by atoms with E-state index in [0.29, 0.717) is 22.4 Å². The fourth-order valence-electron chi connectivity index (χ4n) is 2.84. The van der Waals surface area contributed by atoms with Crippen molar-refractivity contribution >= 4 is 22.6 Å². The minimum Gasteiger partial charge on any atom is -0.356 e. The zero-order valence-corrected chi connectivity index (χ0v) is 14.3. The van der Waals surface area contributed by atoms with Gasteiger partial charge in [0, 0.05) is 17.8 Å².